The Labute approximate surface area is 133 Å². The molecule has 0 aliphatic carbocycles. The Morgan fingerprint density at radius 3 is 2.71 bits per heavy atom. The molecule has 0 aromatic heterocycles. The van der Waals surface area contributed by atoms with Gasteiger partial charge in [0.25, 0.3) is 0 Å². The minimum absolute atomic E-state index is 0.413. The van der Waals surface area contributed by atoms with E-state index in [1.165, 1.54) is 0 Å². The zero-order valence-electron chi connectivity index (χ0n) is 11.5. The number of thioether (sulfide) groups is 1. The fraction of sp³-hybridized carbons (Fsp3) is 0.429. The van der Waals surface area contributed by atoms with Crippen LogP contribution in [0.2, 0.25) is 5.02 Å². The molecule has 0 bridgehead atoms. The SMILES string of the molecule is O=CNC(CCSCCCOc1ccc(Cl)cc1)C(=O)O. The van der Waals surface area contributed by atoms with Gasteiger partial charge in [-0.05, 0) is 48.6 Å². The molecule has 1 amide bonds. The molecule has 1 aromatic carbocycles. The number of benzene rings is 1. The second-order valence-corrected chi connectivity index (χ2v) is 5.89. The molecule has 116 valence electrons. The lowest BCUT2D eigenvalue weighted by atomic mass is 10.2. The molecule has 2 N–H and O–H groups in total. The molecule has 0 spiro atoms. The predicted molar refractivity (Wildman–Crippen MR) is 84.1 cm³/mol. The number of aliphatic carboxylic acids is 1. The number of carbonyl (C=O) groups excluding carboxylic acids is 1. The topological polar surface area (TPSA) is 75.6 Å². The number of carboxylic acid groups (broad SMARTS) is 1. The fourth-order valence-electron chi connectivity index (χ4n) is 1.55. The van der Waals surface area contributed by atoms with E-state index in [4.69, 9.17) is 21.4 Å². The highest BCUT2D eigenvalue weighted by molar-refractivity contribution is 7.99. The summed E-state index contributed by atoms with van der Waals surface area (Å²) in [6, 6.07) is 6.38. The Morgan fingerprint density at radius 1 is 1.38 bits per heavy atom. The Hall–Kier alpha value is -1.40. The van der Waals surface area contributed by atoms with E-state index in [9.17, 15) is 9.59 Å². The maximum absolute atomic E-state index is 10.8. The molecule has 21 heavy (non-hydrogen) atoms. The van der Waals surface area contributed by atoms with Crippen LogP contribution >= 0.6 is 23.4 Å². The molecule has 1 atom stereocenters. The first-order valence-electron chi connectivity index (χ1n) is 6.52. The molecule has 1 unspecified atom stereocenters. The van der Waals surface area contributed by atoms with E-state index in [1.807, 2.05) is 12.1 Å². The van der Waals surface area contributed by atoms with Gasteiger partial charge in [-0.1, -0.05) is 11.6 Å². The molecule has 0 aliphatic heterocycles. The molecule has 0 radical (unpaired) electrons. The Kier molecular flexibility index (Phi) is 8.69. The van der Waals surface area contributed by atoms with Crippen LogP contribution in [0, 0.1) is 0 Å². The summed E-state index contributed by atoms with van der Waals surface area (Å²) in [6.07, 6.45) is 1.70. The van der Waals surface area contributed by atoms with Crippen LogP contribution in [0.4, 0.5) is 0 Å². The fourth-order valence-corrected chi connectivity index (χ4v) is 2.60. The van der Waals surface area contributed by atoms with Crippen molar-refractivity contribution in [2.75, 3.05) is 18.1 Å². The zero-order chi connectivity index (χ0) is 15.5. The van der Waals surface area contributed by atoms with E-state index < -0.39 is 12.0 Å². The normalized spacial score (nSPS) is 11.7. The summed E-state index contributed by atoms with van der Waals surface area (Å²) in [5.41, 5.74) is 0. The molecule has 0 fully saturated rings. The molecule has 1 rings (SSSR count). The van der Waals surface area contributed by atoms with Crippen LogP contribution in [-0.2, 0) is 9.59 Å². The Bertz CT molecular complexity index is 441. The molecule has 0 aliphatic rings. The van der Waals surface area contributed by atoms with E-state index in [2.05, 4.69) is 5.32 Å². The van der Waals surface area contributed by atoms with Crippen molar-refractivity contribution in [2.24, 2.45) is 0 Å². The van der Waals surface area contributed by atoms with E-state index in [1.54, 1.807) is 23.9 Å². The first-order valence-corrected chi connectivity index (χ1v) is 8.05. The Morgan fingerprint density at radius 2 is 2.10 bits per heavy atom. The van der Waals surface area contributed by atoms with Crippen LogP contribution in [-0.4, -0.2) is 41.6 Å². The maximum atomic E-state index is 10.8. The van der Waals surface area contributed by atoms with Crippen LogP contribution in [0.15, 0.2) is 24.3 Å². The van der Waals surface area contributed by atoms with Crippen molar-refractivity contribution < 1.29 is 19.4 Å². The molecule has 5 nitrogen and oxygen atoms in total. The monoisotopic (exact) mass is 331 g/mol. The summed E-state index contributed by atoms with van der Waals surface area (Å²) in [7, 11) is 0. The second-order valence-electron chi connectivity index (χ2n) is 4.23. The highest BCUT2D eigenvalue weighted by atomic mass is 35.5. The van der Waals surface area contributed by atoms with Crippen molar-refractivity contribution in [2.45, 2.75) is 18.9 Å². The molecule has 0 heterocycles. The predicted octanol–water partition coefficient (Wildman–Crippen LogP) is 2.43. The van der Waals surface area contributed by atoms with Gasteiger partial charge in [0, 0.05) is 5.02 Å². The molecule has 1 aromatic rings. The lowest BCUT2D eigenvalue weighted by Gasteiger charge is -2.10. The van der Waals surface area contributed by atoms with Gasteiger partial charge in [-0.25, -0.2) is 4.79 Å². The highest BCUT2D eigenvalue weighted by Gasteiger charge is 2.15. The molecule has 0 saturated carbocycles. The van der Waals surface area contributed by atoms with E-state index >= 15 is 0 Å². The van der Waals surface area contributed by atoms with Gasteiger partial charge >= 0.3 is 5.97 Å². The van der Waals surface area contributed by atoms with E-state index in [0.29, 0.717) is 30.2 Å². The van der Waals surface area contributed by atoms with Crippen molar-refractivity contribution in [1.29, 1.82) is 0 Å². The van der Waals surface area contributed by atoms with Crippen LogP contribution in [0.5, 0.6) is 5.75 Å². The minimum Gasteiger partial charge on any atom is -0.494 e. The van der Waals surface area contributed by atoms with Gasteiger partial charge in [0.05, 0.1) is 6.61 Å². The summed E-state index contributed by atoms with van der Waals surface area (Å²) in [6.45, 7) is 0.601. The van der Waals surface area contributed by atoms with Crippen molar-refractivity contribution >= 4 is 35.7 Å². The van der Waals surface area contributed by atoms with Gasteiger partial charge in [0.1, 0.15) is 11.8 Å². The van der Waals surface area contributed by atoms with Crippen LogP contribution in [0.25, 0.3) is 0 Å². The number of carboxylic acids is 1. The van der Waals surface area contributed by atoms with Gasteiger partial charge < -0.3 is 15.2 Å². The lowest BCUT2D eigenvalue weighted by molar-refractivity contribution is -0.140. The van der Waals surface area contributed by atoms with Gasteiger partial charge in [-0.3, -0.25) is 4.79 Å². The number of hydrogen-bond donors (Lipinski definition) is 2. The second kappa shape index (κ2) is 10.3. The third kappa shape index (κ3) is 7.82. The van der Waals surface area contributed by atoms with Crippen molar-refractivity contribution in [3.05, 3.63) is 29.3 Å². The van der Waals surface area contributed by atoms with Crippen molar-refractivity contribution in [3.8, 4) is 5.75 Å². The zero-order valence-corrected chi connectivity index (χ0v) is 13.0. The quantitative estimate of drug-likeness (QED) is 0.481. The van der Waals surface area contributed by atoms with Gasteiger partial charge in [-0.2, -0.15) is 11.8 Å². The molecule has 7 heteroatoms. The van der Waals surface area contributed by atoms with Crippen LogP contribution in [0.1, 0.15) is 12.8 Å². The summed E-state index contributed by atoms with van der Waals surface area (Å²) in [5, 5.41) is 11.8. The largest absolute Gasteiger partial charge is 0.494 e. The number of halogens is 1. The number of carbonyl (C=O) groups is 2. The summed E-state index contributed by atoms with van der Waals surface area (Å²) in [5.74, 6) is 1.33. The van der Waals surface area contributed by atoms with Crippen molar-refractivity contribution in [3.63, 3.8) is 0 Å². The number of amides is 1. The minimum atomic E-state index is -1.01. The third-order valence-electron chi connectivity index (χ3n) is 2.63. The van der Waals surface area contributed by atoms with Crippen LogP contribution in [0.3, 0.4) is 0 Å². The average molecular weight is 332 g/mol. The molecular weight excluding hydrogens is 314 g/mol. The van der Waals surface area contributed by atoms with Gasteiger partial charge in [0.2, 0.25) is 6.41 Å². The average Bonchev–Trinajstić information content (AvgIpc) is 2.46. The van der Waals surface area contributed by atoms with E-state index in [-0.39, 0.29) is 0 Å². The lowest BCUT2D eigenvalue weighted by Crippen LogP contribution is -2.36. The summed E-state index contributed by atoms with van der Waals surface area (Å²) >= 11 is 7.41. The third-order valence-corrected chi connectivity index (χ3v) is 3.99. The van der Waals surface area contributed by atoms with Gasteiger partial charge in [-0.15, -0.1) is 0 Å². The standard InChI is InChI=1S/C14H18ClNO4S/c15-11-2-4-12(5-3-11)20-7-1-8-21-9-6-13(14(18)19)16-10-17/h2-5,10,13H,1,6-9H2,(H,16,17)(H,18,19). The number of rotatable bonds is 11. The Balaban J connectivity index is 2.05. The molecular formula is C14H18ClNO4S. The van der Waals surface area contributed by atoms with Crippen LogP contribution < -0.4 is 10.1 Å². The van der Waals surface area contributed by atoms with E-state index in [0.717, 1.165) is 17.9 Å². The summed E-state index contributed by atoms with van der Waals surface area (Å²) in [4.78, 5) is 21.0. The summed E-state index contributed by atoms with van der Waals surface area (Å²) < 4.78 is 5.54. The smallest absolute Gasteiger partial charge is 0.326 e. The van der Waals surface area contributed by atoms with Crippen molar-refractivity contribution in [1.82, 2.24) is 5.32 Å². The number of nitrogens with one attached hydrogen (secondary N) is 1. The molecule has 0 saturated heterocycles. The first kappa shape index (κ1) is 17.7. The van der Waals surface area contributed by atoms with Gasteiger partial charge in [0.15, 0.2) is 0 Å². The number of hydrogen-bond acceptors (Lipinski definition) is 4. The number of ether oxygens (including phenoxy) is 1. The highest BCUT2D eigenvalue weighted by Crippen LogP contribution is 2.16. The first-order chi connectivity index (χ1) is 10.1. The maximum Gasteiger partial charge on any atom is 0.326 e.